The van der Waals surface area contributed by atoms with Gasteiger partial charge in [0.25, 0.3) is 0 Å². The predicted octanol–water partition coefficient (Wildman–Crippen LogP) is 6.14. The summed E-state index contributed by atoms with van der Waals surface area (Å²) in [5, 5.41) is 3.89. The molecule has 178 valence electrons. The van der Waals surface area contributed by atoms with E-state index in [1.807, 2.05) is 43.3 Å². The lowest BCUT2D eigenvalue weighted by Crippen LogP contribution is -2.52. The van der Waals surface area contributed by atoms with E-state index in [1.165, 1.54) is 17.5 Å². The minimum atomic E-state index is -0.478. The molecule has 0 heterocycles. The summed E-state index contributed by atoms with van der Waals surface area (Å²) >= 11 is 7.65. The summed E-state index contributed by atoms with van der Waals surface area (Å²) in [6, 6.07) is 15.5. The van der Waals surface area contributed by atoms with Crippen LogP contribution in [0.1, 0.15) is 62.1 Å². The van der Waals surface area contributed by atoms with Gasteiger partial charge in [0.15, 0.2) is 0 Å². The molecular weight excluding hydrogens is 452 g/mol. The lowest BCUT2D eigenvalue weighted by molar-refractivity contribution is -0.139. The second-order valence-corrected chi connectivity index (χ2v) is 10.3. The normalized spacial score (nSPS) is 15.1. The minimum Gasteiger partial charge on any atom is -0.352 e. The maximum Gasteiger partial charge on any atom is 0.243 e. The molecule has 0 saturated heterocycles. The highest BCUT2D eigenvalue weighted by molar-refractivity contribution is 7.99. The summed E-state index contributed by atoms with van der Waals surface area (Å²) in [5.74, 6) is 1.08. The predicted molar refractivity (Wildman–Crippen MR) is 138 cm³/mol. The molecule has 3 rings (SSSR count). The number of hydrogen-bond acceptors (Lipinski definition) is 3. The number of benzene rings is 2. The van der Waals surface area contributed by atoms with Crippen molar-refractivity contribution in [1.29, 1.82) is 0 Å². The summed E-state index contributed by atoms with van der Waals surface area (Å²) in [6.45, 7) is 4.47. The van der Waals surface area contributed by atoms with Crippen LogP contribution in [0, 0.1) is 6.92 Å². The highest BCUT2D eigenvalue weighted by Crippen LogP contribution is 2.21. The van der Waals surface area contributed by atoms with Gasteiger partial charge in [-0.15, -0.1) is 11.8 Å². The molecule has 1 aliphatic carbocycles. The average Bonchev–Trinajstić information content (AvgIpc) is 2.82. The Morgan fingerprint density at radius 3 is 2.45 bits per heavy atom. The van der Waals surface area contributed by atoms with Crippen LogP contribution in [-0.2, 0) is 21.9 Å². The molecule has 2 aromatic carbocycles. The second kappa shape index (κ2) is 13.0. The van der Waals surface area contributed by atoms with Gasteiger partial charge < -0.3 is 10.2 Å². The van der Waals surface area contributed by atoms with E-state index in [2.05, 4.69) is 24.4 Å². The number of rotatable bonds is 10. The van der Waals surface area contributed by atoms with Crippen LogP contribution < -0.4 is 5.32 Å². The highest BCUT2D eigenvalue weighted by atomic mass is 35.5. The number of thioether (sulfide) groups is 1. The van der Waals surface area contributed by atoms with Crippen LogP contribution in [0.15, 0.2) is 48.5 Å². The Hall–Kier alpha value is -1.98. The van der Waals surface area contributed by atoms with Gasteiger partial charge in [-0.05, 0) is 55.0 Å². The SMILES string of the molecule is CCC(C(=O)NC1CCCCC1)N(Cc1ccc(Cl)cc1)C(=O)CSCc1ccccc1C. The molecule has 1 aliphatic rings. The summed E-state index contributed by atoms with van der Waals surface area (Å²) in [5.41, 5.74) is 3.44. The van der Waals surface area contributed by atoms with Crippen molar-refractivity contribution in [2.45, 2.75) is 76.8 Å². The molecule has 1 N–H and O–H groups in total. The van der Waals surface area contributed by atoms with Gasteiger partial charge in [0.1, 0.15) is 6.04 Å². The van der Waals surface area contributed by atoms with Crippen molar-refractivity contribution in [3.8, 4) is 0 Å². The second-order valence-electron chi connectivity index (χ2n) is 8.83. The maximum absolute atomic E-state index is 13.4. The zero-order chi connectivity index (χ0) is 23.6. The Bertz CT molecular complexity index is 913. The van der Waals surface area contributed by atoms with E-state index in [1.54, 1.807) is 16.7 Å². The fourth-order valence-corrected chi connectivity index (χ4v) is 5.47. The van der Waals surface area contributed by atoms with Crippen LogP contribution >= 0.6 is 23.4 Å². The molecule has 1 atom stereocenters. The molecule has 1 unspecified atom stereocenters. The molecule has 0 spiro atoms. The number of halogens is 1. The van der Waals surface area contributed by atoms with Gasteiger partial charge >= 0.3 is 0 Å². The van der Waals surface area contributed by atoms with Crippen LogP contribution in [0.2, 0.25) is 5.02 Å². The monoisotopic (exact) mass is 486 g/mol. The third-order valence-corrected chi connectivity index (χ3v) is 7.57. The molecule has 1 saturated carbocycles. The van der Waals surface area contributed by atoms with E-state index in [4.69, 9.17) is 11.6 Å². The zero-order valence-electron chi connectivity index (χ0n) is 19.7. The fourth-order valence-electron chi connectivity index (χ4n) is 4.35. The van der Waals surface area contributed by atoms with Crippen molar-refractivity contribution in [3.05, 3.63) is 70.2 Å². The van der Waals surface area contributed by atoms with Crippen molar-refractivity contribution in [2.24, 2.45) is 0 Å². The van der Waals surface area contributed by atoms with Crippen LogP contribution in [0.5, 0.6) is 0 Å². The van der Waals surface area contributed by atoms with Gasteiger partial charge in [0, 0.05) is 23.4 Å². The molecule has 1 fully saturated rings. The topological polar surface area (TPSA) is 49.4 Å². The highest BCUT2D eigenvalue weighted by Gasteiger charge is 2.30. The Balaban J connectivity index is 1.70. The third-order valence-electron chi connectivity index (χ3n) is 6.35. The van der Waals surface area contributed by atoms with E-state index in [-0.39, 0.29) is 17.9 Å². The van der Waals surface area contributed by atoms with Gasteiger partial charge in [-0.3, -0.25) is 9.59 Å². The molecule has 6 heteroatoms. The summed E-state index contributed by atoms with van der Waals surface area (Å²) in [6.07, 6.45) is 6.19. The number of nitrogens with zero attached hydrogens (tertiary/aromatic N) is 1. The van der Waals surface area contributed by atoms with Crippen LogP contribution in [0.25, 0.3) is 0 Å². The first-order chi connectivity index (χ1) is 16.0. The average molecular weight is 487 g/mol. The van der Waals surface area contributed by atoms with E-state index in [0.717, 1.165) is 37.0 Å². The molecule has 0 aromatic heterocycles. The first kappa shape index (κ1) is 25.6. The third kappa shape index (κ3) is 7.79. The number of carbonyl (C=O) groups is 2. The van der Waals surface area contributed by atoms with Crippen molar-refractivity contribution in [3.63, 3.8) is 0 Å². The van der Waals surface area contributed by atoms with Gasteiger partial charge in [-0.1, -0.05) is 74.2 Å². The largest absolute Gasteiger partial charge is 0.352 e. The number of nitrogens with one attached hydrogen (secondary N) is 1. The quantitative estimate of drug-likeness (QED) is 0.439. The van der Waals surface area contributed by atoms with Gasteiger partial charge in [-0.25, -0.2) is 0 Å². The minimum absolute atomic E-state index is 0.00539. The molecule has 2 amide bonds. The number of hydrogen-bond donors (Lipinski definition) is 1. The molecule has 4 nitrogen and oxygen atoms in total. The summed E-state index contributed by atoms with van der Waals surface area (Å²) in [4.78, 5) is 28.4. The Morgan fingerprint density at radius 2 is 1.79 bits per heavy atom. The fraction of sp³-hybridized carbons (Fsp3) is 0.481. The molecule has 33 heavy (non-hydrogen) atoms. The van der Waals surface area contributed by atoms with Gasteiger partial charge in [0.2, 0.25) is 11.8 Å². The lowest BCUT2D eigenvalue weighted by atomic mass is 9.95. The molecule has 0 aliphatic heterocycles. The number of aryl methyl sites for hydroxylation is 1. The van der Waals surface area contributed by atoms with E-state index in [0.29, 0.717) is 23.7 Å². The smallest absolute Gasteiger partial charge is 0.243 e. The zero-order valence-corrected chi connectivity index (χ0v) is 21.3. The number of amides is 2. The van der Waals surface area contributed by atoms with Crippen LogP contribution in [-0.4, -0.2) is 34.6 Å². The molecule has 0 radical (unpaired) electrons. The van der Waals surface area contributed by atoms with Gasteiger partial charge in [-0.2, -0.15) is 0 Å². The Kier molecular flexibility index (Phi) is 10.1. The van der Waals surface area contributed by atoms with Crippen molar-refractivity contribution < 1.29 is 9.59 Å². The first-order valence-corrected chi connectivity index (χ1v) is 13.5. The molecule has 0 bridgehead atoms. The van der Waals surface area contributed by atoms with E-state index < -0.39 is 6.04 Å². The first-order valence-electron chi connectivity index (χ1n) is 11.9. The van der Waals surface area contributed by atoms with Crippen LogP contribution in [0.4, 0.5) is 0 Å². The Labute approximate surface area is 207 Å². The maximum atomic E-state index is 13.4. The summed E-state index contributed by atoms with van der Waals surface area (Å²) in [7, 11) is 0. The number of carbonyl (C=O) groups excluding carboxylic acids is 2. The van der Waals surface area contributed by atoms with Gasteiger partial charge in [0.05, 0.1) is 5.75 Å². The van der Waals surface area contributed by atoms with E-state index >= 15 is 0 Å². The lowest BCUT2D eigenvalue weighted by Gasteiger charge is -2.32. The molecular formula is C27H35ClN2O2S. The van der Waals surface area contributed by atoms with E-state index in [9.17, 15) is 9.59 Å². The van der Waals surface area contributed by atoms with Crippen molar-refractivity contribution in [2.75, 3.05) is 5.75 Å². The summed E-state index contributed by atoms with van der Waals surface area (Å²) < 4.78 is 0. The standard InChI is InChI=1S/C27H35ClN2O2S/c1-3-25(27(32)29-24-11-5-4-6-12-24)30(17-21-13-15-23(28)16-14-21)26(31)19-33-18-22-10-8-7-9-20(22)2/h7-10,13-16,24-25H,3-6,11-12,17-19H2,1-2H3,(H,29,32). The van der Waals surface area contributed by atoms with Crippen LogP contribution in [0.3, 0.4) is 0 Å². The molecule has 2 aromatic rings. The van der Waals surface area contributed by atoms with Crippen molar-refractivity contribution in [1.82, 2.24) is 10.2 Å². The Morgan fingerprint density at radius 1 is 1.09 bits per heavy atom. The van der Waals surface area contributed by atoms with Crippen molar-refractivity contribution >= 4 is 35.2 Å².